The average Bonchev–Trinajstić information content (AvgIpc) is 2.33. The van der Waals surface area contributed by atoms with Crippen molar-refractivity contribution in [3.8, 4) is 0 Å². The van der Waals surface area contributed by atoms with E-state index in [2.05, 4.69) is 6.92 Å². The molecule has 0 fully saturated rings. The van der Waals surface area contributed by atoms with Gasteiger partial charge < -0.3 is 0 Å². The van der Waals surface area contributed by atoms with Crippen LogP contribution >= 0.6 is 11.6 Å². The molecule has 1 aromatic carbocycles. The summed E-state index contributed by atoms with van der Waals surface area (Å²) in [6.45, 7) is 2.17. The number of aryl methyl sites for hydroxylation is 1. The molecule has 0 saturated heterocycles. The van der Waals surface area contributed by atoms with Crippen LogP contribution in [0.3, 0.4) is 0 Å². The molecule has 0 aliphatic rings. The van der Waals surface area contributed by atoms with Crippen molar-refractivity contribution in [2.75, 3.05) is 0 Å². The lowest BCUT2D eigenvalue weighted by molar-refractivity contribution is 0.495. The first kappa shape index (κ1) is 14.4. The number of hydrogen-bond donors (Lipinski definition) is 0. The van der Waals surface area contributed by atoms with Gasteiger partial charge in [-0.1, -0.05) is 56.7 Å². The molecule has 0 unspecified atom stereocenters. The van der Waals surface area contributed by atoms with Crippen LogP contribution in [0.5, 0.6) is 0 Å². The minimum Gasteiger partial charge on any atom is -0.203 e. The van der Waals surface area contributed by atoms with E-state index in [1.165, 1.54) is 31.7 Å². The molecule has 3 heteroatoms. The fourth-order valence-electron chi connectivity index (χ4n) is 1.85. The van der Waals surface area contributed by atoms with Crippen LogP contribution in [0.2, 0.25) is 5.02 Å². The average molecular weight is 261 g/mol. The van der Waals surface area contributed by atoms with E-state index in [4.69, 9.17) is 11.6 Å². The molecule has 0 amide bonds. The highest BCUT2D eigenvalue weighted by Crippen LogP contribution is 2.22. The van der Waals surface area contributed by atoms with E-state index >= 15 is 0 Å². The van der Waals surface area contributed by atoms with Crippen LogP contribution in [-0.2, 0) is 6.42 Å². The van der Waals surface area contributed by atoms with Crippen LogP contribution in [0.25, 0.3) is 0 Å². The minimum absolute atomic E-state index is 0.144. The number of benzene rings is 1. The largest absolute Gasteiger partial charge is 0.203 e. The maximum Gasteiger partial charge on any atom is 0.177 e. The van der Waals surface area contributed by atoms with E-state index in [1.54, 1.807) is 6.07 Å². The highest BCUT2D eigenvalue weighted by atomic mass is 35.5. The zero-order valence-electron chi connectivity index (χ0n) is 10.2. The molecule has 0 heterocycles. The third-order valence-corrected chi connectivity index (χ3v) is 3.21. The number of hydrogen-bond acceptors (Lipinski definition) is 0. The molecule has 1 aromatic rings. The lowest BCUT2D eigenvalue weighted by Gasteiger charge is -2.05. The summed E-state index contributed by atoms with van der Waals surface area (Å²) in [5.41, 5.74) is 0.433. The van der Waals surface area contributed by atoms with Gasteiger partial charge in [0.25, 0.3) is 0 Å². The van der Waals surface area contributed by atoms with E-state index in [9.17, 15) is 8.78 Å². The third kappa shape index (κ3) is 4.63. The number of unbranched alkanes of at least 4 members (excludes halogenated alkanes) is 5. The van der Waals surface area contributed by atoms with Gasteiger partial charge in [-0.05, 0) is 24.5 Å². The van der Waals surface area contributed by atoms with Crippen molar-refractivity contribution in [2.45, 2.75) is 51.9 Å². The second-order valence-corrected chi connectivity index (χ2v) is 4.76. The normalized spacial score (nSPS) is 10.8. The summed E-state index contributed by atoms with van der Waals surface area (Å²) >= 11 is 5.49. The predicted octanol–water partition coefficient (Wildman–Crippen LogP) is 5.52. The molecule has 0 aliphatic heterocycles. The Labute approximate surface area is 107 Å². The van der Waals surface area contributed by atoms with Gasteiger partial charge in [-0.25, -0.2) is 8.78 Å². The lowest BCUT2D eigenvalue weighted by atomic mass is 10.0. The Balaban J connectivity index is 2.35. The summed E-state index contributed by atoms with van der Waals surface area (Å²) in [4.78, 5) is 0. The maximum absolute atomic E-state index is 13.4. The number of halogens is 3. The van der Waals surface area contributed by atoms with E-state index in [0.29, 0.717) is 12.0 Å². The van der Waals surface area contributed by atoms with Gasteiger partial charge in [-0.3, -0.25) is 0 Å². The first-order valence-electron chi connectivity index (χ1n) is 6.29. The smallest absolute Gasteiger partial charge is 0.177 e. The van der Waals surface area contributed by atoms with E-state index in [0.717, 1.165) is 12.8 Å². The highest BCUT2D eigenvalue weighted by Gasteiger charge is 2.11. The maximum atomic E-state index is 13.4. The summed E-state index contributed by atoms with van der Waals surface area (Å²) in [7, 11) is 0. The molecule has 0 spiro atoms. The van der Waals surface area contributed by atoms with Crippen molar-refractivity contribution < 1.29 is 8.78 Å². The van der Waals surface area contributed by atoms with Gasteiger partial charge in [-0.2, -0.15) is 0 Å². The van der Waals surface area contributed by atoms with Crippen molar-refractivity contribution in [1.82, 2.24) is 0 Å². The molecular formula is C14H19ClF2. The van der Waals surface area contributed by atoms with Crippen LogP contribution < -0.4 is 0 Å². The summed E-state index contributed by atoms with van der Waals surface area (Å²) < 4.78 is 26.6. The van der Waals surface area contributed by atoms with Crippen LogP contribution in [0.4, 0.5) is 8.78 Å². The fourth-order valence-corrected chi connectivity index (χ4v) is 2.00. The van der Waals surface area contributed by atoms with Crippen LogP contribution in [-0.4, -0.2) is 0 Å². The topological polar surface area (TPSA) is 0 Å². The van der Waals surface area contributed by atoms with Crippen molar-refractivity contribution in [3.63, 3.8) is 0 Å². The molecule has 0 nitrogen and oxygen atoms in total. The summed E-state index contributed by atoms with van der Waals surface area (Å²) in [5, 5.41) is -0.144. The van der Waals surface area contributed by atoms with Gasteiger partial charge >= 0.3 is 0 Å². The molecule has 17 heavy (non-hydrogen) atoms. The number of rotatable bonds is 7. The Morgan fingerprint density at radius 3 is 2.29 bits per heavy atom. The minimum atomic E-state index is -0.921. The van der Waals surface area contributed by atoms with Gasteiger partial charge in [0.15, 0.2) is 11.6 Å². The predicted molar refractivity (Wildman–Crippen MR) is 68.4 cm³/mol. The Morgan fingerprint density at radius 1 is 0.941 bits per heavy atom. The summed E-state index contributed by atoms with van der Waals surface area (Å²) in [5.74, 6) is -1.71. The Morgan fingerprint density at radius 2 is 1.59 bits per heavy atom. The molecule has 0 saturated carbocycles. The van der Waals surface area contributed by atoms with Gasteiger partial charge in [0.05, 0.1) is 5.02 Å². The first-order chi connectivity index (χ1) is 8.16. The highest BCUT2D eigenvalue weighted by molar-refractivity contribution is 6.30. The van der Waals surface area contributed by atoms with Crippen LogP contribution in [0.1, 0.15) is 51.0 Å². The molecular weight excluding hydrogens is 242 g/mol. The second kappa shape index (κ2) is 7.65. The SMILES string of the molecule is CCCCCCCCc1ccc(Cl)c(F)c1F. The zero-order valence-corrected chi connectivity index (χ0v) is 11.0. The van der Waals surface area contributed by atoms with Gasteiger partial charge in [0.2, 0.25) is 0 Å². The molecule has 96 valence electrons. The summed E-state index contributed by atoms with van der Waals surface area (Å²) in [6.07, 6.45) is 7.44. The van der Waals surface area contributed by atoms with Crippen molar-refractivity contribution in [2.24, 2.45) is 0 Å². The molecule has 0 N–H and O–H groups in total. The molecule has 0 aliphatic carbocycles. The Kier molecular flexibility index (Phi) is 6.49. The van der Waals surface area contributed by atoms with Gasteiger partial charge in [0, 0.05) is 0 Å². The monoisotopic (exact) mass is 260 g/mol. The molecule has 0 aromatic heterocycles. The van der Waals surface area contributed by atoms with E-state index < -0.39 is 11.6 Å². The lowest BCUT2D eigenvalue weighted by Crippen LogP contribution is -1.95. The summed E-state index contributed by atoms with van der Waals surface area (Å²) in [6, 6.07) is 3.00. The van der Waals surface area contributed by atoms with Crippen LogP contribution in [0, 0.1) is 11.6 Å². The Hall–Kier alpha value is -0.630. The van der Waals surface area contributed by atoms with E-state index in [1.807, 2.05) is 0 Å². The molecule has 0 atom stereocenters. The standard InChI is InChI=1S/C14H19ClF2/c1-2-3-4-5-6-7-8-11-9-10-12(15)14(17)13(11)16/h9-10H,2-8H2,1H3. The fraction of sp³-hybridized carbons (Fsp3) is 0.571. The van der Waals surface area contributed by atoms with Gasteiger partial charge in [0.1, 0.15) is 0 Å². The van der Waals surface area contributed by atoms with Crippen molar-refractivity contribution >= 4 is 11.6 Å². The third-order valence-electron chi connectivity index (χ3n) is 2.91. The quantitative estimate of drug-likeness (QED) is 0.447. The molecule has 0 bridgehead atoms. The van der Waals surface area contributed by atoms with Crippen molar-refractivity contribution in [1.29, 1.82) is 0 Å². The first-order valence-corrected chi connectivity index (χ1v) is 6.67. The second-order valence-electron chi connectivity index (χ2n) is 4.35. The van der Waals surface area contributed by atoms with Gasteiger partial charge in [-0.15, -0.1) is 0 Å². The van der Waals surface area contributed by atoms with Crippen LogP contribution in [0.15, 0.2) is 12.1 Å². The van der Waals surface area contributed by atoms with Crippen molar-refractivity contribution in [3.05, 3.63) is 34.4 Å². The van der Waals surface area contributed by atoms with E-state index in [-0.39, 0.29) is 5.02 Å². The molecule has 1 rings (SSSR count). The molecule has 0 radical (unpaired) electrons. The zero-order chi connectivity index (χ0) is 12.7. The Bertz CT molecular complexity index is 350.